The number of hydrogen-bond donors (Lipinski definition) is 4. The average molecular weight is 808 g/mol. The molecule has 308 valence electrons. The third-order valence-electron chi connectivity index (χ3n) is 11.7. The standard InChI is InChI=1S/C39H45F4N11O4/c40-24-17-25(44)20-52(19-24)32-12-15-53-35(48-32)30(18-45-53)37(57)47-31-21-54(50-34(31)39(41,42)43)28-6-4-22(5-7-28)38(58)51-13-10-26(11-14-51)46-27-3-1-2-23(16-27)29-8-9-33(55)49-36(29)56/h1-3,12,15-16,18,21-22,24-26,28-29,46H,4-11,13-14,17,19-20,44H2,(H,47,57)(H,49,55,56)/t22?,24-,25-,28?,29?/m1/s1. The van der Waals surface area contributed by atoms with Gasteiger partial charge in [-0.3, -0.25) is 29.2 Å². The van der Waals surface area contributed by atoms with Crippen molar-refractivity contribution in [3.05, 3.63) is 65.7 Å². The summed E-state index contributed by atoms with van der Waals surface area (Å²) in [6.45, 7) is 1.55. The van der Waals surface area contributed by atoms with Gasteiger partial charge in [0.25, 0.3) is 5.91 Å². The fourth-order valence-electron chi connectivity index (χ4n) is 8.71. The van der Waals surface area contributed by atoms with Gasteiger partial charge in [0.15, 0.2) is 11.3 Å². The molecule has 3 aliphatic heterocycles. The summed E-state index contributed by atoms with van der Waals surface area (Å²) in [5.74, 6) is -1.63. The van der Waals surface area contributed by atoms with E-state index in [0.717, 1.165) is 24.1 Å². The van der Waals surface area contributed by atoms with Crippen LogP contribution in [0.5, 0.6) is 0 Å². The van der Waals surface area contributed by atoms with E-state index in [-0.39, 0.29) is 59.8 Å². The number of nitrogens with one attached hydrogen (secondary N) is 3. The first-order chi connectivity index (χ1) is 27.8. The molecule has 58 heavy (non-hydrogen) atoms. The molecule has 6 heterocycles. The number of likely N-dealkylation sites (tertiary alicyclic amines) is 1. The highest BCUT2D eigenvalue weighted by atomic mass is 19.4. The van der Waals surface area contributed by atoms with Crippen molar-refractivity contribution in [3.8, 4) is 0 Å². The Kier molecular flexibility index (Phi) is 10.8. The average Bonchev–Trinajstić information content (AvgIpc) is 3.82. The monoisotopic (exact) mass is 807 g/mol. The minimum Gasteiger partial charge on any atom is -0.382 e. The molecule has 3 atom stereocenters. The van der Waals surface area contributed by atoms with Crippen LogP contribution in [0, 0.1) is 5.92 Å². The van der Waals surface area contributed by atoms with Crippen molar-refractivity contribution in [3.63, 3.8) is 0 Å². The van der Waals surface area contributed by atoms with Crippen LogP contribution in [0.1, 0.15) is 91.4 Å². The summed E-state index contributed by atoms with van der Waals surface area (Å²) in [4.78, 5) is 59.0. The van der Waals surface area contributed by atoms with Gasteiger partial charge in [-0.25, -0.2) is 13.9 Å². The normalized spacial score (nSPS) is 24.8. The Morgan fingerprint density at radius 1 is 0.983 bits per heavy atom. The fraction of sp³-hybridized carbons (Fsp3) is 0.513. The second-order valence-corrected chi connectivity index (χ2v) is 15.8. The van der Waals surface area contributed by atoms with Crippen molar-refractivity contribution in [2.24, 2.45) is 11.7 Å². The van der Waals surface area contributed by atoms with E-state index in [9.17, 15) is 36.7 Å². The molecular weight excluding hydrogens is 762 g/mol. The summed E-state index contributed by atoms with van der Waals surface area (Å²) < 4.78 is 59.6. The summed E-state index contributed by atoms with van der Waals surface area (Å²) in [6, 6.07) is 8.57. The number of piperidine rings is 3. The lowest BCUT2D eigenvalue weighted by Crippen LogP contribution is -2.48. The van der Waals surface area contributed by atoms with Crippen LogP contribution in [-0.2, 0) is 20.6 Å². The molecule has 8 rings (SSSR count). The number of halogens is 4. The first-order valence-corrected chi connectivity index (χ1v) is 19.7. The van der Waals surface area contributed by atoms with Crippen LogP contribution >= 0.6 is 0 Å². The summed E-state index contributed by atoms with van der Waals surface area (Å²) in [6.07, 6.45) is 2.22. The molecule has 19 heteroatoms. The highest BCUT2D eigenvalue weighted by Gasteiger charge is 2.40. The Hall–Kier alpha value is -5.59. The van der Waals surface area contributed by atoms with Crippen molar-refractivity contribution in [2.45, 2.75) is 94.2 Å². The van der Waals surface area contributed by atoms with Gasteiger partial charge in [0.05, 0.1) is 30.4 Å². The van der Waals surface area contributed by atoms with E-state index < -0.39 is 41.7 Å². The summed E-state index contributed by atoms with van der Waals surface area (Å²) in [5.41, 5.74) is 5.99. The van der Waals surface area contributed by atoms with Gasteiger partial charge in [0.1, 0.15) is 17.6 Å². The number of nitrogens with zero attached hydrogens (tertiary/aromatic N) is 7. The van der Waals surface area contributed by atoms with Crippen LogP contribution in [0.25, 0.3) is 5.65 Å². The van der Waals surface area contributed by atoms with Crippen molar-refractivity contribution in [1.82, 2.24) is 34.6 Å². The fourth-order valence-corrected chi connectivity index (χ4v) is 8.71. The Balaban J connectivity index is 0.863. The predicted molar refractivity (Wildman–Crippen MR) is 204 cm³/mol. The van der Waals surface area contributed by atoms with Gasteiger partial charge < -0.3 is 26.2 Å². The molecule has 0 bridgehead atoms. The van der Waals surface area contributed by atoms with Crippen molar-refractivity contribution in [1.29, 1.82) is 0 Å². The Labute approximate surface area is 330 Å². The molecule has 15 nitrogen and oxygen atoms in total. The lowest BCUT2D eigenvalue weighted by molar-refractivity contribution is -0.141. The van der Waals surface area contributed by atoms with Crippen LogP contribution in [0.2, 0.25) is 0 Å². The molecule has 3 saturated heterocycles. The zero-order valence-electron chi connectivity index (χ0n) is 31.6. The lowest BCUT2D eigenvalue weighted by atomic mass is 9.84. The SMILES string of the molecule is N[C@@H]1C[C@@H](F)CN(c2ccn3ncc(C(=O)Nc4cn(C5CCC(C(=O)N6CCC(Nc7cccc(C8CCC(=O)NC8=O)c7)CC6)CC5)nc4C(F)(F)F)c3n2)C1. The van der Waals surface area contributed by atoms with E-state index in [4.69, 9.17) is 5.73 Å². The number of anilines is 3. The summed E-state index contributed by atoms with van der Waals surface area (Å²) in [7, 11) is 0. The summed E-state index contributed by atoms with van der Waals surface area (Å²) >= 11 is 0. The van der Waals surface area contributed by atoms with Gasteiger partial charge >= 0.3 is 6.18 Å². The number of fused-ring (bicyclic) bond motifs is 1. The molecule has 1 saturated carbocycles. The van der Waals surface area contributed by atoms with Gasteiger partial charge in [-0.2, -0.15) is 23.4 Å². The van der Waals surface area contributed by atoms with E-state index in [2.05, 4.69) is 31.1 Å². The van der Waals surface area contributed by atoms with Crippen molar-refractivity contribution < 1.29 is 36.7 Å². The molecule has 4 amide bonds. The second kappa shape index (κ2) is 16.0. The maximum atomic E-state index is 14.3. The van der Waals surface area contributed by atoms with Gasteiger partial charge in [0.2, 0.25) is 17.7 Å². The molecular formula is C39H45F4N11O4. The Morgan fingerprint density at radius 2 is 1.76 bits per heavy atom. The number of benzene rings is 1. The van der Waals surface area contributed by atoms with Crippen LogP contribution in [0.15, 0.2) is 48.9 Å². The van der Waals surface area contributed by atoms with E-state index in [1.54, 1.807) is 11.0 Å². The number of nitrogens with two attached hydrogens (primary N) is 1. The number of aromatic nitrogens is 5. The molecule has 0 radical (unpaired) electrons. The quantitative estimate of drug-likeness (QED) is 0.147. The van der Waals surface area contributed by atoms with E-state index >= 15 is 0 Å². The largest absolute Gasteiger partial charge is 0.437 e. The minimum atomic E-state index is -4.86. The molecule has 4 aliphatic rings. The first-order valence-electron chi connectivity index (χ1n) is 19.7. The number of rotatable bonds is 8. The van der Waals surface area contributed by atoms with Gasteiger partial charge in [-0.15, -0.1) is 0 Å². The number of alkyl halides is 4. The maximum Gasteiger partial charge on any atom is 0.437 e. The number of carbonyl (C=O) groups excluding carboxylic acids is 4. The van der Waals surface area contributed by atoms with Gasteiger partial charge in [-0.05, 0) is 75.1 Å². The van der Waals surface area contributed by atoms with Crippen LogP contribution in [0.4, 0.5) is 34.8 Å². The number of hydrogen-bond acceptors (Lipinski definition) is 10. The third kappa shape index (κ3) is 8.35. The zero-order chi connectivity index (χ0) is 40.7. The van der Waals surface area contributed by atoms with Crippen LogP contribution in [0.3, 0.4) is 0 Å². The third-order valence-corrected chi connectivity index (χ3v) is 11.7. The smallest absolute Gasteiger partial charge is 0.382 e. The van der Waals surface area contributed by atoms with E-state index in [0.29, 0.717) is 64.0 Å². The van der Waals surface area contributed by atoms with E-state index in [1.807, 2.05) is 29.2 Å². The highest BCUT2D eigenvalue weighted by molar-refractivity contribution is 6.08. The molecule has 4 aromatic rings. The number of amides is 4. The molecule has 3 aromatic heterocycles. The van der Waals surface area contributed by atoms with Crippen LogP contribution < -0.4 is 26.6 Å². The zero-order valence-corrected chi connectivity index (χ0v) is 31.6. The molecule has 1 unspecified atom stereocenters. The predicted octanol–water partition coefficient (Wildman–Crippen LogP) is 4.43. The number of carbonyl (C=O) groups is 4. The molecule has 4 fully saturated rings. The molecule has 1 aromatic carbocycles. The van der Waals surface area contributed by atoms with Gasteiger partial charge in [0, 0.05) is 62.1 Å². The highest BCUT2D eigenvalue weighted by Crippen LogP contribution is 2.39. The number of imide groups is 1. The topological polar surface area (TPSA) is 185 Å². The molecule has 1 aliphatic carbocycles. The maximum absolute atomic E-state index is 14.3. The second-order valence-electron chi connectivity index (χ2n) is 15.8. The first kappa shape index (κ1) is 39.2. The van der Waals surface area contributed by atoms with Crippen LogP contribution in [-0.4, -0.2) is 97.3 Å². The molecule has 0 spiro atoms. The summed E-state index contributed by atoms with van der Waals surface area (Å²) in [5, 5.41) is 16.3. The Morgan fingerprint density at radius 3 is 2.48 bits per heavy atom. The van der Waals surface area contributed by atoms with Gasteiger partial charge in [-0.1, -0.05) is 12.1 Å². The van der Waals surface area contributed by atoms with Crippen molar-refractivity contribution in [2.75, 3.05) is 41.7 Å². The lowest BCUT2D eigenvalue weighted by Gasteiger charge is -2.37. The molecule has 5 N–H and O–H groups in total. The minimum absolute atomic E-state index is 0.0407. The van der Waals surface area contributed by atoms with Crippen molar-refractivity contribution >= 4 is 46.5 Å². The Bertz CT molecular complexity index is 2180. The van der Waals surface area contributed by atoms with E-state index in [1.165, 1.54) is 27.8 Å².